The molecule has 1 atom stereocenters. The Morgan fingerprint density at radius 1 is 1.53 bits per heavy atom. The Labute approximate surface area is 90.3 Å². The SMILES string of the molecule is COc1cccc(N2CCNCC2C)n1. The third-order valence-corrected chi connectivity index (χ3v) is 2.71. The summed E-state index contributed by atoms with van der Waals surface area (Å²) in [7, 11) is 1.65. The van der Waals surface area contributed by atoms with Crippen molar-refractivity contribution in [1.29, 1.82) is 0 Å². The van der Waals surface area contributed by atoms with Gasteiger partial charge in [0.15, 0.2) is 0 Å². The van der Waals surface area contributed by atoms with E-state index in [-0.39, 0.29) is 0 Å². The van der Waals surface area contributed by atoms with Crippen LogP contribution in [0.1, 0.15) is 6.92 Å². The Morgan fingerprint density at radius 2 is 2.40 bits per heavy atom. The molecule has 1 aromatic rings. The molecule has 0 bridgehead atoms. The number of aromatic nitrogens is 1. The van der Waals surface area contributed by atoms with Gasteiger partial charge in [-0.05, 0) is 13.0 Å². The molecule has 2 rings (SSSR count). The van der Waals surface area contributed by atoms with Crippen LogP contribution < -0.4 is 15.0 Å². The molecule has 0 spiro atoms. The van der Waals surface area contributed by atoms with Crippen molar-refractivity contribution in [3.8, 4) is 5.88 Å². The van der Waals surface area contributed by atoms with Crippen molar-refractivity contribution in [2.45, 2.75) is 13.0 Å². The molecule has 0 saturated carbocycles. The minimum atomic E-state index is 0.485. The van der Waals surface area contributed by atoms with Crippen LogP contribution in [-0.4, -0.2) is 37.8 Å². The van der Waals surface area contributed by atoms with E-state index in [1.54, 1.807) is 7.11 Å². The van der Waals surface area contributed by atoms with E-state index >= 15 is 0 Å². The summed E-state index contributed by atoms with van der Waals surface area (Å²) in [6.45, 7) is 5.23. The van der Waals surface area contributed by atoms with E-state index in [0.29, 0.717) is 11.9 Å². The van der Waals surface area contributed by atoms with Crippen molar-refractivity contribution in [1.82, 2.24) is 10.3 Å². The highest BCUT2D eigenvalue weighted by atomic mass is 16.5. The number of hydrogen-bond acceptors (Lipinski definition) is 4. The molecule has 1 aliphatic rings. The van der Waals surface area contributed by atoms with E-state index in [2.05, 4.69) is 22.1 Å². The monoisotopic (exact) mass is 207 g/mol. The number of nitrogens with one attached hydrogen (secondary N) is 1. The maximum absolute atomic E-state index is 5.13. The van der Waals surface area contributed by atoms with Gasteiger partial charge in [0.2, 0.25) is 5.88 Å². The Hall–Kier alpha value is -1.29. The first-order valence-corrected chi connectivity index (χ1v) is 5.29. The zero-order chi connectivity index (χ0) is 10.7. The highest BCUT2D eigenvalue weighted by Crippen LogP contribution is 2.18. The first-order valence-electron chi connectivity index (χ1n) is 5.29. The van der Waals surface area contributed by atoms with Crippen LogP contribution in [0, 0.1) is 0 Å². The van der Waals surface area contributed by atoms with Crippen LogP contribution in [0.2, 0.25) is 0 Å². The number of methoxy groups -OCH3 is 1. The van der Waals surface area contributed by atoms with Gasteiger partial charge in [0.05, 0.1) is 7.11 Å². The summed E-state index contributed by atoms with van der Waals surface area (Å²) >= 11 is 0. The highest BCUT2D eigenvalue weighted by molar-refractivity contribution is 5.42. The Kier molecular flexibility index (Phi) is 3.06. The van der Waals surface area contributed by atoms with E-state index in [4.69, 9.17) is 4.74 Å². The summed E-state index contributed by atoms with van der Waals surface area (Å²) < 4.78 is 5.13. The number of piperazine rings is 1. The molecule has 0 radical (unpaired) electrons. The first-order chi connectivity index (χ1) is 7.31. The summed E-state index contributed by atoms with van der Waals surface area (Å²) in [6.07, 6.45) is 0. The predicted molar refractivity (Wildman–Crippen MR) is 60.5 cm³/mol. The zero-order valence-corrected chi connectivity index (χ0v) is 9.23. The van der Waals surface area contributed by atoms with Gasteiger partial charge >= 0.3 is 0 Å². The van der Waals surface area contributed by atoms with Crippen LogP contribution in [-0.2, 0) is 0 Å². The molecular formula is C11H17N3O. The summed E-state index contributed by atoms with van der Waals surface area (Å²) in [4.78, 5) is 6.75. The third kappa shape index (κ3) is 2.21. The molecule has 1 fully saturated rings. The van der Waals surface area contributed by atoms with Gasteiger partial charge < -0.3 is 15.0 Å². The molecule has 15 heavy (non-hydrogen) atoms. The van der Waals surface area contributed by atoms with E-state index in [1.165, 1.54) is 0 Å². The van der Waals surface area contributed by atoms with Gasteiger partial charge in [0.1, 0.15) is 5.82 Å². The average molecular weight is 207 g/mol. The largest absolute Gasteiger partial charge is 0.481 e. The molecule has 0 aromatic carbocycles. The number of pyridine rings is 1. The zero-order valence-electron chi connectivity index (χ0n) is 9.23. The van der Waals surface area contributed by atoms with Crippen molar-refractivity contribution >= 4 is 5.82 Å². The van der Waals surface area contributed by atoms with Crippen LogP contribution in [0.15, 0.2) is 18.2 Å². The summed E-state index contributed by atoms with van der Waals surface area (Å²) in [5.41, 5.74) is 0. The van der Waals surface area contributed by atoms with Gasteiger partial charge in [0, 0.05) is 31.7 Å². The standard InChI is InChI=1S/C11H17N3O/c1-9-8-12-6-7-14(9)10-4-3-5-11(13-10)15-2/h3-5,9,12H,6-8H2,1-2H3. The van der Waals surface area contributed by atoms with Crippen LogP contribution in [0.4, 0.5) is 5.82 Å². The van der Waals surface area contributed by atoms with Gasteiger partial charge in [-0.25, -0.2) is 0 Å². The Bertz CT molecular complexity index is 329. The maximum atomic E-state index is 5.13. The van der Waals surface area contributed by atoms with Crippen LogP contribution >= 0.6 is 0 Å². The first kappa shape index (κ1) is 10.2. The van der Waals surface area contributed by atoms with Gasteiger partial charge in [-0.1, -0.05) is 6.07 Å². The molecule has 1 unspecified atom stereocenters. The summed E-state index contributed by atoms with van der Waals surface area (Å²) in [5.74, 6) is 1.68. The molecule has 1 N–H and O–H groups in total. The van der Waals surface area contributed by atoms with Gasteiger partial charge in [0.25, 0.3) is 0 Å². The van der Waals surface area contributed by atoms with Crippen molar-refractivity contribution in [2.24, 2.45) is 0 Å². The fourth-order valence-corrected chi connectivity index (χ4v) is 1.86. The smallest absolute Gasteiger partial charge is 0.214 e. The van der Waals surface area contributed by atoms with Crippen molar-refractivity contribution in [2.75, 3.05) is 31.6 Å². The molecule has 1 aliphatic heterocycles. The third-order valence-electron chi connectivity index (χ3n) is 2.71. The second kappa shape index (κ2) is 4.49. The Balaban J connectivity index is 2.19. The lowest BCUT2D eigenvalue weighted by atomic mass is 10.2. The molecule has 82 valence electrons. The molecule has 2 heterocycles. The maximum Gasteiger partial charge on any atom is 0.214 e. The summed E-state index contributed by atoms with van der Waals surface area (Å²) in [6, 6.07) is 6.37. The molecule has 0 amide bonds. The molecule has 1 saturated heterocycles. The number of ether oxygens (including phenoxy) is 1. The molecular weight excluding hydrogens is 190 g/mol. The fourth-order valence-electron chi connectivity index (χ4n) is 1.86. The topological polar surface area (TPSA) is 37.4 Å². The van der Waals surface area contributed by atoms with E-state index < -0.39 is 0 Å². The van der Waals surface area contributed by atoms with Gasteiger partial charge in [-0.2, -0.15) is 4.98 Å². The fraction of sp³-hybridized carbons (Fsp3) is 0.545. The quantitative estimate of drug-likeness (QED) is 0.781. The van der Waals surface area contributed by atoms with E-state index in [0.717, 1.165) is 25.5 Å². The highest BCUT2D eigenvalue weighted by Gasteiger charge is 2.19. The Morgan fingerprint density at radius 3 is 3.13 bits per heavy atom. The van der Waals surface area contributed by atoms with Crippen molar-refractivity contribution in [3.05, 3.63) is 18.2 Å². The van der Waals surface area contributed by atoms with Gasteiger partial charge in [-0.3, -0.25) is 0 Å². The number of anilines is 1. The average Bonchev–Trinajstić information content (AvgIpc) is 2.30. The molecule has 0 aliphatic carbocycles. The lowest BCUT2D eigenvalue weighted by molar-refractivity contribution is 0.396. The summed E-state index contributed by atoms with van der Waals surface area (Å²) in [5, 5.41) is 3.36. The minimum absolute atomic E-state index is 0.485. The minimum Gasteiger partial charge on any atom is -0.481 e. The van der Waals surface area contributed by atoms with Crippen molar-refractivity contribution < 1.29 is 4.74 Å². The molecule has 4 heteroatoms. The molecule has 4 nitrogen and oxygen atoms in total. The lowest BCUT2D eigenvalue weighted by Crippen LogP contribution is -2.50. The van der Waals surface area contributed by atoms with E-state index in [1.807, 2.05) is 18.2 Å². The second-order valence-electron chi connectivity index (χ2n) is 3.78. The van der Waals surface area contributed by atoms with E-state index in [9.17, 15) is 0 Å². The van der Waals surface area contributed by atoms with Crippen LogP contribution in [0.5, 0.6) is 5.88 Å². The number of hydrogen-bond donors (Lipinski definition) is 1. The second-order valence-corrected chi connectivity index (χ2v) is 3.78. The number of rotatable bonds is 2. The van der Waals surface area contributed by atoms with Gasteiger partial charge in [-0.15, -0.1) is 0 Å². The number of nitrogens with zero attached hydrogens (tertiary/aromatic N) is 2. The normalized spacial score (nSPS) is 21.5. The molecule has 1 aromatic heterocycles. The van der Waals surface area contributed by atoms with Crippen molar-refractivity contribution in [3.63, 3.8) is 0 Å². The predicted octanol–water partition coefficient (Wildman–Crippen LogP) is 0.888. The lowest BCUT2D eigenvalue weighted by Gasteiger charge is -2.34. The van der Waals surface area contributed by atoms with Crippen LogP contribution in [0.25, 0.3) is 0 Å². The van der Waals surface area contributed by atoms with Crippen LogP contribution in [0.3, 0.4) is 0 Å².